The molecule has 0 aliphatic heterocycles. The molecule has 1 rings (SSSR count). The summed E-state index contributed by atoms with van der Waals surface area (Å²) in [5.41, 5.74) is 0.505. The highest BCUT2D eigenvalue weighted by atomic mass is 35.5. The first-order valence-electron chi connectivity index (χ1n) is 5.83. The lowest BCUT2D eigenvalue weighted by atomic mass is 10.2. The highest BCUT2D eigenvalue weighted by molar-refractivity contribution is 7.89. The zero-order valence-electron chi connectivity index (χ0n) is 11.2. The zero-order chi connectivity index (χ0) is 14.6. The Morgan fingerprint density at radius 2 is 2.05 bits per heavy atom. The first-order chi connectivity index (χ1) is 8.77. The van der Waals surface area contributed by atoms with Crippen molar-refractivity contribution in [3.8, 4) is 0 Å². The van der Waals surface area contributed by atoms with E-state index >= 15 is 0 Å². The summed E-state index contributed by atoms with van der Waals surface area (Å²) in [4.78, 5) is 1.90. The van der Waals surface area contributed by atoms with Gasteiger partial charge in [0.1, 0.15) is 4.90 Å². The summed E-state index contributed by atoms with van der Waals surface area (Å²) in [5, 5.41) is 9.19. The molecule has 1 aromatic rings. The van der Waals surface area contributed by atoms with Crippen molar-refractivity contribution in [3.63, 3.8) is 0 Å². The average molecular weight is 307 g/mol. The number of nitrogens with one attached hydrogen (secondary N) is 1. The molecule has 0 heterocycles. The lowest BCUT2D eigenvalue weighted by Gasteiger charge is -2.20. The Hall–Kier alpha value is -0.660. The highest BCUT2D eigenvalue weighted by Gasteiger charge is 2.19. The molecule has 5 nitrogen and oxygen atoms in total. The van der Waals surface area contributed by atoms with Crippen LogP contribution in [0.15, 0.2) is 23.1 Å². The standard InChI is InChI=1S/C12H19ClN2O3S/c1-9(15(2)3)7-14-19(17,18)12-6-10(8-16)4-5-11(12)13/h4-6,9,14,16H,7-8H2,1-3H3. The summed E-state index contributed by atoms with van der Waals surface area (Å²) in [6, 6.07) is 4.50. The van der Waals surface area contributed by atoms with Crippen LogP contribution in [-0.2, 0) is 16.6 Å². The number of rotatable bonds is 6. The van der Waals surface area contributed by atoms with Crippen molar-refractivity contribution in [3.05, 3.63) is 28.8 Å². The number of aliphatic hydroxyl groups excluding tert-OH is 1. The molecule has 0 aliphatic carbocycles. The Bertz CT molecular complexity index is 532. The fourth-order valence-corrected chi connectivity index (χ4v) is 3.01. The van der Waals surface area contributed by atoms with Gasteiger partial charge in [-0.3, -0.25) is 0 Å². The number of hydrogen-bond acceptors (Lipinski definition) is 4. The Labute approximate surface area is 119 Å². The van der Waals surface area contributed by atoms with Crippen molar-refractivity contribution in [1.29, 1.82) is 0 Å². The number of nitrogens with zero attached hydrogens (tertiary/aromatic N) is 1. The fraction of sp³-hybridized carbons (Fsp3) is 0.500. The van der Waals surface area contributed by atoms with Gasteiger partial charge >= 0.3 is 0 Å². The van der Waals surface area contributed by atoms with E-state index in [4.69, 9.17) is 16.7 Å². The zero-order valence-corrected chi connectivity index (χ0v) is 12.8. The first-order valence-corrected chi connectivity index (χ1v) is 7.69. The quantitative estimate of drug-likeness (QED) is 0.824. The minimum Gasteiger partial charge on any atom is -0.392 e. The predicted octanol–water partition coefficient (Wildman–Crippen LogP) is 1.06. The van der Waals surface area contributed by atoms with E-state index in [0.717, 1.165) is 0 Å². The van der Waals surface area contributed by atoms with Crippen molar-refractivity contribution in [2.45, 2.75) is 24.5 Å². The first kappa shape index (κ1) is 16.4. The molecule has 0 aliphatic rings. The number of halogens is 1. The van der Waals surface area contributed by atoms with Gasteiger partial charge in [-0.15, -0.1) is 0 Å². The fourth-order valence-electron chi connectivity index (χ4n) is 1.34. The third-order valence-corrected chi connectivity index (χ3v) is 4.82. The van der Waals surface area contributed by atoms with E-state index in [9.17, 15) is 8.42 Å². The van der Waals surface area contributed by atoms with E-state index in [0.29, 0.717) is 5.56 Å². The summed E-state index contributed by atoms with van der Waals surface area (Å²) in [5.74, 6) is 0. The molecular formula is C12H19ClN2O3S. The molecule has 1 unspecified atom stereocenters. The summed E-state index contributed by atoms with van der Waals surface area (Å²) < 4.78 is 26.8. The minimum atomic E-state index is -3.67. The Balaban J connectivity index is 2.94. The van der Waals surface area contributed by atoms with Gasteiger partial charge in [-0.2, -0.15) is 0 Å². The maximum Gasteiger partial charge on any atom is 0.242 e. The van der Waals surface area contributed by atoms with Crippen LogP contribution in [0.2, 0.25) is 5.02 Å². The smallest absolute Gasteiger partial charge is 0.242 e. The van der Waals surface area contributed by atoms with Crippen LogP contribution in [0.5, 0.6) is 0 Å². The Morgan fingerprint density at radius 1 is 1.42 bits per heavy atom. The SMILES string of the molecule is CC(CNS(=O)(=O)c1cc(CO)ccc1Cl)N(C)C. The van der Waals surface area contributed by atoms with E-state index in [1.54, 1.807) is 6.07 Å². The maximum absolute atomic E-state index is 12.2. The van der Waals surface area contributed by atoms with Gasteiger partial charge in [0.25, 0.3) is 0 Å². The summed E-state index contributed by atoms with van der Waals surface area (Å²) in [6.07, 6.45) is 0. The molecule has 0 aromatic heterocycles. The largest absolute Gasteiger partial charge is 0.392 e. The molecule has 19 heavy (non-hydrogen) atoms. The molecular weight excluding hydrogens is 288 g/mol. The molecule has 108 valence electrons. The van der Waals surface area contributed by atoms with Gasteiger partial charge < -0.3 is 10.0 Å². The van der Waals surface area contributed by atoms with E-state index in [1.165, 1.54) is 12.1 Å². The van der Waals surface area contributed by atoms with Gasteiger partial charge in [0.05, 0.1) is 11.6 Å². The van der Waals surface area contributed by atoms with Gasteiger partial charge in [0, 0.05) is 12.6 Å². The van der Waals surface area contributed by atoms with Gasteiger partial charge in [0.2, 0.25) is 10.0 Å². The van der Waals surface area contributed by atoms with Crippen LogP contribution in [-0.4, -0.2) is 45.1 Å². The van der Waals surface area contributed by atoms with Crippen molar-refractivity contribution >= 4 is 21.6 Å². The lowest BCUT2D eigenvalue weighted by Crippen LogP contribution is -2.38. The van der Waals surface area contributed by atoms with E-state index in [1.807, 2.05) is 25.9 Å². The topological polar surface area (TPSA) is 69.6 Å². The molecule has 0 bridgehead atoms. The summed E-state index contributed by atoms with van der Waals surface area (Å²) in [6.45, 7) is 1.97. The second-order valence-electron chi connectivity index (χ2n) is 4.59. The Kier molecular flexibility index (Phi) is 5.76. The molecule has 0 amide bonds. The average Bonchev–Trinajstić information content (AvgIpc) is 2.36. The molecule has 2 N–H and O–H groups in total. The predicted molar refractivity (Wildman–Crippen MR) is 75.7 cm³/mol. The molecule has 0 saturated heterocycles. The van der Waals surface area contributed by atoms with E-state index in [-0.39, 0.29) is 29.1 Å². The third kappa shape index (κ3) is 4.43. The van der Waals surface area contributed by atoms with Crippen LogP contribution in [0.4, 0.5) is 0 Å². The van der Waals surface area contributed by atoms with Gasteiger partial charge in [-0.1, -0.05) is 17.7 Å². The van der Waals surface area contributed by atoms with Crippen molar-refractivity contribution < 1.29 is 13.5 Å². The van der Waals surface area contributed by atoms with Crippen molar-refractivity contribution in [2.75, 3.05) is 20.6 Å². The monoisotopic (exact) mass is 306 g/mol. The normalized spacial score (nSPS) is 13.8. The Morgan fingerprint density at radius 3 is 2.58 bits per heavy atom. The van der Waals surface area contributed by atoms with Crippen molar-refractivity contribution in [1.82, 2.24) is 9.62 Å². The number of sulfonamides is 1. The number of hydrogen-bond donors (Lipinski definition) is 2. The lowest BCUT2D eigenvalue weighted by molar-refractivity contribution is 0.281. The van der Waals surface area contributed by atoms with Crippen LogP contribution >= 0.6 is 11.6 Å². The second-order valence-corrected chi connectivity index (χ2v) is 6.73. The number of benzene rings is 1. The molecule has 0 spiro atoms. The molecule has 1 aromatic carbocycles. The van der Waals surface area contributed by atoms with Gasteiger partial charge in [-0.25, -0.2) is 13.1 Å². The van der Waals surface area contributed by atoms with Gasteiger partial charge in [0.15, 0.2) is 0 Å². The highest BCUT2D eigenvalue weighted by Crippen LogP contribution is 2.22. The minimum absolute atomic E-state index is 0.00771. The molecule has 0 fully saturated rings. The van der Waals surface area contributed by atoms with E-state index in [2.05, 4.69) is 4.72 Å². The number of aliphatic hydroxyl groups is 1. The molecule has 1 atom stereocenters. The summed E-state index contributed by atoms with van der Waals surface area (Å²) >= 11 is 5.90. The molecule has 0 radical (unpaired) electrons. The maximum atomic E-state index is 12.2. The summed E-state index contributed by atoms with van der Waals surface area (Å²) in [7, 11) is 0.0748. The van der Waals surface area contributed by atoms with Crippen LogP contribution in [0.3, 0.4) is 0 Å². The molecule has 0 saturated carbocycles. The number of likely N-dealkylation sites (N-methyl/N-ethyl adjacent to an activating group) is 1. The third-order valence-electron chi connectivity index (χ3n) is 2.92. The second kappa shape index (κ2) is 6.67. The van der Waals surface area contributed by atoms with Crippen LogP contribution < -0.4 is 4.72 Å². The molecule has 7 heteroatoms. The van der Waals surface area contributed by atoms with Crippen LogP contribution in [0.25, 0.3) is 0 Å². The van der Waals surface area contributed by atoms with Crippen molar-refractivity contribution in [2.24, 2.45) is 0 Å². The van der Waals surface area contributed by atoms with E-state index < -0.39 is 10.0 Å². The van der Waals surface area contributed by atoms with Crippen LogP contribution in [0, 0.1) is 0 Å². The van der Waals surface area contributed by atoms with Crippen LogP contribution in [0.1, 0.15) is 12.5 Å². The van der Waals surface area contributed by atoms with Gasteiger partial charge in [-0.05, 0) is 38.7 Å².